The van der Waals surface area contributed by atoms with Crippen molar-refractivity contribution in [2.75, 3.05) is 63.3 Å². The quantitative estimate of drug-likeness (QED) is 0.309. The van der Waals surface area contributed by atoms with E-state index in [0.717, 1.165) is 70.2 Å². The van der Waals surface area contributed by atoms with Gasteiger partial charge in [0, 0.05) is 45.8 Å². The Balaban J connectivity index is 1.26. The molecule has 42 heavy (non-hydrogen) atoms. The number of carbonyl (C=O) groups is 1. The maximum absolute atomic E-state index is 13.1. The second-order valence-electron chi connectivity index (χ2n) is 10.8. The molecule has 2 aliphatic rings. The predicted octanol–water partition coefficient (Wildman–Crippen LogP) is 4.78. The number of piperidine rings is 1. The smallest absolute Gasteiger partial charge is 0.320 e. The molecule has 5 heterocycles. The molecule has 0 aliphatic carbocycles. The third-order valence-corrected chi connectivity index (χ3v) is 10.0. The van der Waals surface area contributed by atoms with Crippen molar-refractivity contribution >= 4 is 49.7 Å². The summed E-state index contributed by atoms with van der Waals surface area (Å²) in [5.74, 6) is 0.858. The number of aromatic nitrogens is 4. The Morgan fingerprint density at radius 2 is 1.90 bits per heavy atom. The van der Waals surface area contributed by atoms with Crippen LogP contribution in [0.4, 0.5) is 20.9 Å². The van der Waals surface area contributed by atoms with Crippen LogP contribution in [0.1, 0.15) is 35.9 Å². The van der Waals surface area contributed by atoms with Gasteiger partial charge < -0.3 is 24.3 Å². The number of rotatable bonds is 6. The third kappa shape index (κ3) is 5.30. The molecule has 1 aromatic carbocycles. The molecule has 13 heteroatoms. The third-order valence-electron chi connectivity index (χ3n) is 8.02. The molecule has 0 N–H and O–H groups in total. The predicted molar refractivity (Wildman–Crippen MR) is 166 cm³/mol. The molecule has 0 spiro atoms. The van der Waals surface area contributed by atoms with Gasteiger partial charge in [-0.05, 0) is 26.2 Å². The molecule has 1 atom stereocenters. The van der Waals surface area contributed by atoms with Crippen LogP contribution in [0.3, 0.4) is 0 Å². The van der Waals surface area contributed by atoms with E-state index in [1.807, 2.05) is 64.5 Å². The largest absolute Gasteiger partial charge is 0.378 e. The normalized spacial score (nSPS) is 17.5. The average molecular weight is 606 g/mol. The van der Waals surface area contributed by atoms with Crippen molar-refractivity contribution in [1.29, 1.82) is 5.26 Å². The van der Waals surface area contributed by atoms with Crippen molar-refractivity contribution in [3.63, 3.8) is 0 Å². The zero-order valence-electron chi connectivity index (χ0n) is 24.4. The monoisotopic (exact) mass is 605 g/mol. The summed E-state index contributed by atoms with van der Waals surface area (Å²) in [6, 6.07) is 10.6. The van der Waals surface area contributed by atoms with Gasteiger partial charge >= 0.3 is 6.03 Å². The Labute approximate surface area is 253 Å². The highest BCUT2D eigenvalue weighted by molar-refractivity contribution is 7.20. The SMILES string of the molecule is CCc1nc2sc(N3CCCC(N(C)C(=O)N4CCOCC4)C3)nn2c1N(C)c1nc(-c2ccc(C)cc2)c(C#N)s1. The first-order chi connectivity index (χ1) is 20.4. The molecule has 0 saturated carbocycles. The lowest BCUT2D eigenvalue weighted by atomic mass is 10.1. The van der Waals surface area contributed by atoms with Gasteiger partial charge in [0.25, 0.3) is 0 Å². The molecule has 0 radical (unpaired) electrons. The van der Waals surface area contributed by atoms with Gasteiger partial charge in [0.1, 0.15) is 16.6 Å². The van der Waals surface area contributed by atoms with Gasteiger partial charge in [-0.25, -0.2) is 14.8 Å². The van der Waals surface area contributed by atoms with Gasteiger partial charge in [-0.1, -0.05) is 59.4 Å². The van der Waals surface area contributed by atoms with Crippen LogP contribution in [0.5, 0.6) is 0 Å². The maximum atomic E-state index is 13.1. The molecule has 3 aromatic heterocycles. The Morgan fingerprint density at radius 3 is 2.62 bits per heavy atom. The van der Waals surface area contributed by atoms with Crippen LogP contribution >= 0.6 is 22.7 Å². The minimum absolute atomic E-state index is 0.0702. The van der Waals surface area contributed by atoms with Gasteiger partial charge in [0.15, 0.2) is 10.9 Å². The van der Waals surface area contributed by atoms with E-state index in [1.54, 1.807) is 11.3 Å². The topological polar surface area (TPSA) is 106 Å². The lowest BCUT2D eigenvalue weighted by Gasteiger charge is -2.40. The van der Waals surface area contributed by atoms with E-state index < -0.39 is 0 Å². The molecule has 6 rings (SSSR count). The number of thiazole rings is 1. The number of imidazole rings is 1. The van der Waals surface area contributed by atoms with Gasteiger partial charge in [-0.15, -0.1) is 5.10 Å². The highest BCUT2D eigenvalue weighted by atomic mass is 32.1. The van der Waals surface area contributed by atoms with E-state index in [1.165, 1.54) is 11.3 Å². The number of fused-ring (bicyclic) bond motifs is 1. The number of likely N-dealkylation sites (N-methyl/N-ethyl adjacent to an activating group) is 1. The van der Waals surface area contributed by atoms with Crippen molar-refractivity contribution in [2.24, 2.45) is 0 Å². The zero-order chi connectivity index (χ0) is 29.4. The van der Waals surface area contributed by atoms with Crippen molar-refractivity contribution in [3.05, 3.63) is 40.4 Å². The van der Waals surface area contributed by atoms with Crippen LogP contribution in [0, 0.1) is 18.3 Å². The van der Waals surface area contributed by atoms with Crippen molar-refractivity contribution < 1.29 is 9.53 Å². The number of hydrogen-bond donors (Lipinski definition) is 0. The molecule has 1 unspecified atom stereocenters. The lowest BCUT2D eigenvalue weighted by Crippen LogP contribution is -2.54. The highest BCUT2D eigenvalue weighted by Crippen LogP contribution is 2.38. The highest BCUT2D eigenvalue weighted by Gasteiger charge is 2.32. The van der Waals surface area contributed by atoms with Crippen molar-refractivity contribution in [3.8, 4) is 17.3 Å². The number of aryl methyl sites for hydroxylation is 2. The fraction of sp³-hybridized carbons (Fsp3) is 0.483. The summed E-state index contributed by atoms with van der Waals surface area (Å²) in [7, 11) is 3.87. The van der Waals surface area contributed by atoms with E-state index in [0.29, 0.717) is 36.9 Å². The van der Waals surface area contributed by atoms with E-state index in [2.05, 4.69) is 17.9 Å². The molecule has 11 nitrogen and oxygen atoms in total. The standard InChI is InChI=1S/C29H35N9O2S2/c1-5-22-25(35(4)26-32-24(23(17-30)41-26)20-10-8-19(2)9-11-20)38-27(31-22)42-28(33-38)37-12-6-7-21(18-37)34(3)29(39)36-13-15-40-16-14-36/h8-11,21H,5-7,12-16,18H2,1-4H3. The summed E-state index contributed by atoms with van der Waals surface area (Å²) in [4.78, 5) is 32.4. The van der Waals surface area contributed by atoms with Crippen LogP contribution in [-0.4, -0.2) is 94.9 Å². The summed E-state index contributed by atoms with van der Waals surface area (Å²) in [5.41, 5.74) is 3.71. The second kappa shape index (κ2) is 11.9. The van der Waals surface area contributed by atoms with Crippen LogP contribution in [-0.2, 0) is 11.2 Å². The van der Waals surface area contributed by atoms with Crippen LogP contribution in [0.15, 0.2) is 24.3 Å². The van der Waals surface area contributed by atoms with E-state index in [9.17, 15) is 10.1 Å². The molecule has 2 saturated heterocycles. The molecular formula is C29H35N9O2S2. The van der Waals surface area contributed by atoms with E-state index >= 15 is 0 Å². The van der Waals surface area contributed by atoms with Crippen LogP contribution in [0.2, 0.25) is 0 Å². The van der Waals surface area contributed by atoms with Crippen molar-refractivity contribution in [2.45, 2.75) is 39.2 Å². The number of carbonyl (C=O) groups excluding carboxylic acids is 1. The molecular weight excluding hydrogens is 571 g/mol. The number of nitrogens with zero attached hydrogens (tertiary/aromatic N) is 9. The number of anilines is 3. The summed E-state index contributed by atoms with van der Waals surface area (Å²) in [6.07, 6.45) is 2.69. The van der Waals surface area contributed by atoms with Crippen molar-refractivity contribution in [1.82, 2.24) is 29.4 Å². The average Bonchev–Trinajstić information content (AvgIpc) is 3.74. The fourth-order valence-corrected chi connectivity index (χ4v) is 7.37. The summed E-state index contributed by atoms with van der Waals surface area (Å²) >= 11 is 2.94. The Bertz CT molecular complexity index is 1610. The Kier molecular flexibility index (Phi) is 8.02. The number of amides is 2. The second-order valence-corrected chi connectivity index (χ2v) is 12.7. The Morgan fingerprint density at radius 1 is 1.14 bits per heavy atom. The minimum Gasteiger partial charge on any atom is -0.378 e. The van der Waals surface area contributed by atoms with Crippen LogP contribution < -0.4 is 9.80 Å². The van der Waals surface area contributed by atoms with E-state index in [-0.39, 0.29) is 12.1 Å². The van der Waals surface area contributed by atoms with Crippen LogP contribution in [0.25, 0.3) is 16.2 Å². The summed E-state index contributed by atoms with van der Waals surface area (Å²) in [5, 5.41) is 16.5. The number of hydrogen-bond acceptors (Lipinski definition) is 10. The molecule has 4 aromatic rings. The summed E-state index contributed by atoms with van der Waals surface area (Å²) in [6.45, 7) is 8.21. The molecule has 2 aliphatic heterocycles. The number of morpholine rings is 1. The van der Waals surface area contributed by atoms with Gasteiger partial charge in [0.2, 0.25) is 10.1 Å². The number of nitriles is 1. The zero-order valence-corrected chi connectivity index (χ0v) is 26.0. The maximum Gasteiger partial charge on any atom is 0.320 e. The van der Waals surface area contributed by atoms with Gasteiger partial charge in [-0.3, -0.25) is 0 Å². The van der Waals surface area contributed by atoms with E-state index in [4.69, 9.17) is 19.8 Å². The summed E-state index contributed by atoms with van der Waals surface area (Å²) < 4.78 is 7.33. The molecule has 0 bridgehead atoms. The van der Waals surface area contributed by atoms with Gasteiger partial charge in [-0.2, -0.15) is 9.78 Å². The fourth-order valence-electron chi connectivity index (χ4n) is 5.57. The lowest BCUT2D eigenvalue weighted by molar-refractivity contribution is 0.0414. The molecule has 220 valence electrons. The Hall–Kier alpha value is -3.73. The minimum atomic E-state index is 0.0702. The first-order valence-corrected chi connectivity index (χ1v) is 16.0. The number of benzene rings is 1. The first-order valence-electron chi connectivity index (χ1n) is 14.3. The van der Waals surface area contributed by atoms with Gasteiger partial charge in [0.05, 0.1) is 24.9 Å². The first kappa shape index (κ1) is 28.4. The number of urea groups is 1. The molecule has 2 amide bonds. The number of ether oxygens (including phenoxy) is 1. The molecule has 2 fully saturated rings.